The summed E-state index contributed by atoms with van der Waals surface area (Å²) in [5.74, 6) is -1.72. The van der Waals surface area contributed by atoms with E-state index in [0.717, 1.165) is 23.9 Å². The first-order valence-electron chi connectivity index (χ1n) is 10.5. The van der Waals surface area contributed by atoms with Gasteiger partial charge in [0.2, 0.25) is 5.91 Å². The number of aromatic nitrogens is 2. The topological polar surface area (TPSA) is 102 Å². The number of anilines is 1. The van der Waals surface area contributed by atoms with Gasteiger partial charge in [0.1, 0.15) is 0 Å². The summed E-state index contributed by atoms with van der Waals surface area (Å²) >= 11 is 0. The largest absolute Gasteiger partial charge is 0.465 e. The summed E-state index contributed by atoms with van der Waals surface area (Å²) in [4.78, 5) is 36.9. The third kappa shape index (κ3) is 7.16. The molecular formula is C24H23F3N4O4. The summed E-state index contributed by atoms with van der Waals surface area (Å²) in [6.45, 7) is 2.28. The fourth-order valence-corrected chi connectivity index (χ4v) is 3.23. The number of esters is 1. The van der Waals surface area contributed by atoms with E-state index in [-0.39, 0.29) is 35.7 Å². The van der Waals surface area contributed by atoms with Crippen molar-refractivity contribution in [3.05, 3.63) is 82.7 Å². The Balaban J connectivity index is 1.71. The highest BCUT2D eigenvalue weighted by Crippen LogP contribution is 2.29. The normalized spacial score (nSPS) is 11.1. The van der Waals surface area contributed by atoms with E-state index in [2.05, 4.69) is 15.7 Å². The zero-order valence-electron chi connectivity index (χ0n) is 19.0. The molecule has 0 bridgehead atoms. The van der Waals surface area contributed by atoms with Crippen LogP contribution >= 0.6 is 0 Å². The van der Waals surface area contributed by atoms with Crippen molar-refractivity contribution < 1.29 is 32.3 Å². The second kappa shape index (κ2) is 10.9. The first-order chi connectivity index (χ1) is 16.5. The molecule has 0 spiro atoms. The minimum absolute atomic E-state index is 0.0498. The molecule has 2 amide bonds. The lowest BCUT2D eigenvalue weighted by Gasteiger charge is -2.12. The first-order valence-corrected chi connectivity index (χ1v) is 10.5. The van der Waals surface area contributed by atoms with Crippen LogP contribution in [-0.4, -0.2) is 34.7 Å². The van der Waals surface area contributed by atoms with Gasteiger partial charge >= 0.3 is 12.1 Å². The van der Waals surface area contributed by atoms with Crippen molar-refractivity contribution in [3.63, 3.8) is 0 Å². The second-order valence-corrected chi connectivity index (χ2v) is 7.69. The Bertz CT molecular complexity index is 1240. The Morgan fingerprint density at radius 3 is 2.49 bits per heavy atom. The number of hydrogen-bond acceptors (Lipinski definition) is 5. The van der Waals surface area contributed by atoms with Crippen LogP contribution in [0, 0.1) is 6.92 Å². The van der Waals surface area contributed by atoms with E-state index in [9.17, 15) is 27.6 Å². The van der Waals surface area contributed by atoms with Crippen LogP contribution in [0.4, 0.5) is 18.9 Å². The van der Waals surface area contributed by atoms with Gasteiger partial charge in [-0.1, -0.05) is 6.07 Å². The fraction of sp³-hybridized carbons (Fsp3) is 0.250. The molecule has 3 rings (SSSR count). The lowest BCUT2D eigenvalue weighted by atomic mass is 10.1. The Hall–Kier alpha value is -4.15. The minimum Gasteiger partial charge on any atom is -0.465 e. The van der Waals surface area contributed by atoms with Crippen molar-refractivity contribution in [1.82, 2.24) is 15.1 Å². The number of methoxy groups -OCH3 is 1. The molecule has 0 aliphatic carbocycles. The number of nitrogens with zero attached hydrogens (tertiary/aromatic N) is 2. The standard InChI is InChI=1S/C24H23F3N4O4/c1-15-6-8-31(30-15)9-7-21(32)28-14-16-10-18(23(34)35-2)13-20(11-16)29-22(33)17-4-3-5-19(12-17)24(25,26)27/h3-6,8,10-13H,7,9,14H2,1-2H3,(H,28,32)(H,29,33). The summed E-state index contributed by atoms with van der Waals surface area (Å²) in [5, 5.41) is 9.43. The van der Waals surface area contributed by atoms with Gasteiger partial charge in [0.15, 0.2) is 0 Å². The number of carbonyl (C=O) groups is 3. The van der Waals surface area contributed by atoms with Gasteiger partial charge < -0.3 is 15.4 Å². The van der Waals surface area contributed by atoms with Gasteiger partial charge in [-0.05, 0) is 55.0 Å². The van der Waals surface area contributed by atoms with Crippen molar-refractivity contribution in [3.8, 4) is 0 Å². The molecule has 2 N–H and O–H groups in total. The smallest absolute Gasteiger partial charge is 0.416 e. The molecule has 0 fully saturated rings. The Morgan fingerprint density at radius 1 is 1.06 bits per heavy atom. The molecule has 0 atom stereocenters. The summed E-state index contributed by atoms with van der Waals surface area (Å²) in [6, 6.07) is 10.1. The highest BCUT2D eigenvalue weighted by Gasteiger charge is 2.31. The Labute approximate surface area is 199 Å². The molecule has 8 nitrogen and oxygen atoms in total. The van der Waals surface area contributed by atoms with E-state index >= 15 is 0 Å². The minimum atomic E-state index is -4.59. The average Bonchev–Trinajstić information content (AvgIpc) is 3.25. The van der Waals surface area contributed by atoms with Gasteiger partial charge in [-0.25, -0.2) is 4.79 Å². The van der Waals surface area contributed by atoms with Crippen LogP contribution in [-0.2, 0) is 28.8 Å². The highest BCUT2D eigenvalue weighted by molar-refractivity contribution is 6.05. The number of ether oxygens (including phenoxy) is 1. The van der Waals surface area contributed by atoms with Crippen molar-refractivity contribution in [2.24, 2.45) is 0 Å². The molecule has 184 valence electrons. The van der Waals surface area contributed by atoms with Crippen LogP contribution in [0.1, 0.15) is 44.0 Å². The summed E-state index contributed by atoms with van der Waals surface area (Å²) < 4.78 is 45.3. The molecule has 0 aliphatic heterocycles. The van der Waals surface area contributed by atoms with Crippen molar-refractivity contribution in [1.29, 1.82) is 0 Å². The molecule has 1 aromatic heterocycles. The zero-order valence-corrected chi connectivity index (χ0v) is 19.0. The van der Waals surface area contributed by atoms with Crippen molar-refractivity contribution in [2.75, 3.05) is 12.4 Å². The number of nitrogens with one attached hydrogen (secondary N) is 2. The lowest BCUT2D eigenvalue weighted by molar-refractivity contribution is -0.137. The van der Waals surface area contributed by atoms with Crippen molar-refractivity contribution >= 4 is 23.5 Å². The molecule has 35 heavy (non-hydrogen) atoms. The van der Waals surface area contributed by atoms with Gasteiger partial charge in [-0.3, -0.25) is 14.3 Å². The molecule has 0 unspecified atom stereocenters. The zero-order chi connectivity index (χ0) is 25.6. The SMILES string of the molecule is COC(=O)c1cc(CNC(=O)CCn2ccc(C)n2)cc(NC(=O)c2cccc(C(F)(F)F)c2)c1. The van der Waals surface area contributed by atoms with E-state index in [1.54, 1.807) is 10.9 Å². The molecule has 0 saturated heterocycles. The molecule has 2 aromatic carbocycles. The quantitative estimate of drug-likeness (QED) is 0.468. The number of halogens is 3. The van der Waals surface area contributed by atoms with Gasteiger partial charge in [0.05, 0.1) is 23.9 Å². The molecule has 3 aromatic rings. The summed E-state index contributed by atoms with van der Waals surface area (Å²) in [7, 11) is 1.19. The predicted octanol–water partition coefficient (Wildman–Crippen LogP) is 3.96. The number of carbonyl (C=O) groups excluding carboxylic acids is 3. The van der Waals surface area contributed by atoms with E-state index < -0.39 is 23.6 Å². The number of aryl methyl sites for hydroxylation is 2. The van der Waals surface area contributed by atoms with Crippen molar-refractivity contribution in [2.45, 2.75) is 32.6 Å². The molecule has 0 radical (unpaired) electrons. The average molecular weight is 488 g/mol. The van der Waals surface area contributed by atoms with Crippen LogP contribution in [0.3, 0.4) is 0 Å². The Kier molecular flexibility index (Phi) is 7.90. The first kappa shape index (κ1) is 25.5. The monoisotopic (exact) mass is 488 g/mol. The van der Waals surface area contributed by atoms with Crippen LogP contribution in [0.25, 0.3) is 0 Å². The summed E-state index contributed by atoms with van der Waals surface area (Å²) in [6.07, 6.45) is -2.65. The third-order valence-corrected chi connectivity index (χ3v) is 4.96. The van der Waals surface area contributed by atoms with Gasteiger partial charge in [-0.2, -0.15) is 18.3 Å². The van der Waals surface area contributed by atoms with Gasteiger partial charge in [0.25, 0.3) is 5.91 Å². The number of benzene rings is 2. The lowest BCUT2D eigenvalue weighted by Crippen LogP contribution is -2.24. The number of alkyl halides is 3. The maximum absolute atomic E-state index is 13.0. The van der Waals surface area contributed by atoms with Gasteiger partial charge in [-0.15, -0.1) is 0 Å². The van der Waals surface area contributed by atoms with Crippen LogP contribution < -0.4 is 10.6 Å². The molecule has 0 saturated carbocycles. The fourth-order valence-electron chi connectivity index (χ4n) is 3.23. The number of hydrogen-bond donors (Lipinski definition) is 2. The molecule has 0 aliphatic rings. The summed E-state index contributed by atoms with van der Waals surface area (Å²) in [5.41, 5.74) is 0.423. The molecule has 11 heteroatoms. The van der Waals surface area contributed by atoms with E-state index in [0.29, 0.717) is 12.1 Å². The molecular weight excluding hydrogens is 465 g/mol. The maximum Gasteiger partial charge on any atom is 0.416 e. The van der Waals surface area contributed by atoms with Crippen LogP contribution in [0.15, 0.2) is 54.7 Å². The van der Waals surface area contributed by atoms with E-state index in [1.807, 2.05) is 13.0 Å². The predicted molar refractivity (Wildman–Crippen MR) is 121 cm³/mol. The number of amides is 2. The van der Waals surface area contributed by atoms with Crippen LogP contribution in [0.2, 0.25) is 0 Å². The van der Waals surface area contributed by atoms with Crippen LogP contribution in [0.5, 0.6) is 0 Å². The highest BCUT2D eigenvalue weighted by atomic mass is 19.4. The molecule has 1 heterocycles. The van der Waals surface area contributed by atoms with Gasteiger partial charge in [0, 0.05) is 37.0 Å². The Morgan fingerprint density at radius 2 is 1.83 bits per heavy atom. The number of rotatable bonds is 8. The third-order valence-electron chi connectivity index (χ3n) is 4.96. The maximum atomic E-state index is 13.0. The van der Waals surface area contributed by atoms with E-state index in [1.165, 1.54) is 31.4 Å². The second-order valence-electron chi connectivity index (χ2n) is 7.69. The van der Waals surface area contributed by atoms with E-state index in [4.69, 9.17) is 4.74 Å².